The number of esters is 1. The SMILES string of the molecule is CN=C(NCCC(=O)OC(C)C)NCC1CC(=O)N(CCc2ccccc2)C1.I. The molecule has 7 nitrogen and oxygen atoms in total. The first-order chi connectivity index (χ1) is 13.5. The number of carbonyl (C=O) groups is 2. The number of nitrogens with zero attached hydrogens (tertiary/aromatic N) is 2. The Labute approximate surface area is 190 Å². The number of aliphatic imine (C=N–C) groups is 1. The van der Waals surface area contributed by atoms with Crippen LogP contribution in [0.15, 0.2) is 35.3 Å². The van der Waals surface area contributed by atoms with E-state index in [1.54, 1.807) is 7.05 Å². The summed E-state index contributed by atoms with van der Waals surface area (Å²) in [7, 11) is 1.69. The zero-order valence-electron chi connectivity index (χ0n) is 17.5. The quantitative estimate of drug-likeness (QED) is 0.228. The highest BCUT2D eigenvalue weighted by atomic mass is 127. The second-order valence-corrected chi connectivity index (χ2v) is 7.31. The summed E-state index contributed by atoms with van der Waals surface area (Å²) in [4.78, 5) is 29.9. The first kappa shape index (κ1) is 25.2. The number of likely N-dealkylation sites (tertiary alicyclic amines) is 1. The first-order valence-electron chi connectivity index (χ1n) is 9.93. The van der Waals surface area contributed by atoms with Gasteiger partial charge in [0, 0.05) is 45.6 Å². The fraction of sp³-hybridized carbons (Fsp3) is 0.571. The van der Waals surface area contributed by atoms with Crippen LogP contribution in [-0.2, 0) is 20.7 Å². The van der Waals surface area contributed by atoms with Crippen molar-refractivity contribution in [1.82, 2.24) is 15.5 Å². The largest absolute Gasteiger partial charge is 0.463 e. The molecule has 2 N–H and O–H groups in total. The molecule has 0 aromatic heterocycles. The van der Waals surface area contributed by atoms with Gasteiger partial charge in [0.2, 0.25) is 5.91 Å². The number of rotatable bonds is 9. The van der Waals surface area contributed by atoms with Gasteiger partial charge < -0.3 is 20.3 Å². The Morgan fingerprint density at radius 2 is 2.00 bits per heavy atom. The maximum Gasteiger partial charge on any atom is 0.307 e. The van der Waals surface area contributed by atoms with E-state index in [0.717, 1.165) is 19.5 Å². The molecule has 162 valence electrons. The van der Waals surface area contributed by atoms with Gasteiger partial charge >= 0.3 is 5.97 Å². The van der Waals surface area contributed by atoms with Crippen molar-refractivity contribution in [1.29, 1.82) is 0 Å². The Morgan fingerprint density at radius 3 is 2.66 bits per heavy atom. The highest BCUT2D eigenvalue weighted by molar-refractivity contribution is 14.0. The molecule has 1 aromatic carbocycles. The minimum atomic E-state index is -0.228. The number of guanidine groups is 1. The average Bonchev–Trinajstić information content (AvgIpc) is 3.02. The Balaban J connectivity index is 0.00000420. The zero-order valence-corrected chi connectivity index (χ0v) is 19.8. The van der Waals surface area contributed by atoms with Crippen LogP contribution in [0.1, 0.15) is 32.3 Å². The van der Waals surface area contributed by atoms with Gasteiger partial charge in [0.25, 0.3) is 0 Å². The molecule has 1 aromatic rings. The summed E-state index contributed by atoms with van der Waals surface area (Å²) < 4.78 is 5.10. The highest BCUT2D eigenvalue weighted by Crippen LogP contribution is 2.17. The van der Waals surface area contributed by atoms with Gasteiger partial charge in [0.15, 0.2) is 5.96 Å². The molecule has 29 heavy (non-hydrogen) atoms. The number of hydrogen-bond acceptors (Lipinski definition) is 4. The molecule has 1 heterocycles. The van der Waals surface area contributed by atoms with E-state index in [-0.39, 0.29) is 54.3 Å². The van der Waals surface area contributed by atoms with Crippen molar-refractivity contribution in [2.24, 2.45) is 10.9 Å². The van der Waals surface area contributed by atoms with Crippen LogP contribution in [-0.4, -0.2) is 62.1 Å². The summed E-state index contributed by atoms with van der Waals surface area (Å²) in [6.45, 7) is 6.30. The van der Waals surface area contributed by atoms with Crippen molar-refractivity contribution in [3.05, 3.63) is 35.9 Å². The lowest BCUT2D eigenvalue weighted by molar-refractivity contribution is -0.147. The lowest BCUT2D eigenvalue weighted by atomic mass is 10.1. The Kier molecular flexibility index (Phi) is 11.6. The normalized spacial score (nSPS) is 16.6. The summed E-state index contributed by atoms with van der Waals surface area (Å²) in [5, 5.41) is 6.35. The molecule has 8 heteroatoms. The van der Waals surface area contributed by atoms with Crippen LogP contribution in [0, 0.1) is 5.92 Å². The van der Waals surface area contributed by atoms with E-state index in [1.165, 1.54) is 5.56 Å². The molecule has 2 rings (SSSR count). The molecule has 1 fully saturated rings. The molecule has 1 saturated heterocycles. The minimum absolute atomic E-state index is 0. The molecule has 0 saturated carbocycles. The predicted octanol–water partition coefficient (Wildman–Crippen LogP) is 2.20. The standard InChI is InChI=1S/C21H32N4O3.HI/c1-16(2)28-20(27)9-11-23-21(22-3)24-14-18-13-19(26)25(15-18)12-10-17-7-5-4-6-8-17;/h4-8,16,18H,9-15H2,1-3H3,(H2,22,23,24);1H. The van der Waals surface area contributed by atoms with Gasteiger partial charge in [-0.05, 0) is 25.8 Å². The Bertz CT molecular complexity index is 667. The Morgan fingerprint density at radius 1 is 1.28 bits per heavy atom. The van der Waals surface area contributed by atoms with Crippen molar-refractivity contribution >= 4 is 41.8 Å². The van der Waals surface area contributed by atoms with Crippen molar-refractivity contribution < 1.29 is 14.3 Å². The maximum atomic E-state index is 12.3. The fourth-order valence-electron chi connectivity index (χ4n) is 3.18. The lowest BCUT2D eigenvalue weighted by Gasteiger charge is -2.18. The van der Waals surface area contributed by atoms with E-state index >= 15 is 0 Å². The third kappa shape index (κ3) is 9.47. The molecule has 1 aliphatic rings. The fourth-order valence-corrected chi connectivity index (χ4v) is 3.18. The van der Waals surface area contributed by atoms with E-state index in [1.807, 2.05) is 36.9 Å². The average molecular weight is 516 g/mol. The molecule has 0 radical (unpaired) electrons. The van der Waals surface area contributed by atoms with Gasteiger partial charge in [-0.1, -0.05) is 30.3 Å². The third-order valence-electron chi connectivity index (χ3n) is 4.58. The summed E-state index contributed by atoms with van der Waals surface area (Å²) in [6.07, 6.45) is 1.62. The smallest absolute Gasteiger partial charge is 0.307 e. The number of hydrogen-bond donors (Lipinski definition) is 2. The molecule has 0 spiro atoms. The topological polar surface area (TPSA) is 83.0 Å². The van der Waals surface area contributed by atoms with Crippen molar-refractivity contribution in [3.63, 3.8) is 0 Å². The van der Waals surface area contributed by atoms with Crippen molar-refractivity contribution in [2.75, 3.05) is 33.2 Å². The van der Waals surface area contributed by atoms with E-state index < -0.39 is 0 Å². The van der Waals surface area contributed by atoms with E-state index in [4.69, 9.17) is 4.74 Å². The second kappa shape index (κ2) is 13.4. The van der Waals surface area contributed by atoms with Gasteiger partial charge in [-0.15, -0.1) is 24.0 Å². The van der Waals surface area contributed by atoms with E-state index in [0.29, 0.717) is 25.5 Å². The second-order valence-electron chi connectivity index (χ2n) is 7.31. The molecule has 1 unspecified atom stereocenters. The maximum absolute atomic E-state index is 12.3. The first-order valence-corrected chi connectivity index (χ1v) is 9.93. The van der Waals surface area contributed by atoms with Crippen LogP contribution in [0.5, 0.6) is 0 Å². The van der Waals surface area contributed by atoms with Crippen molar-refractivity contribution in [2.45, 2.75) is 39.2 Å². The molecular formula is C21H33IN4O3. The minimum Gasteiger partial charge on any atom is -0.463 e. The van der Waals surface area contributed by atoms with Crippen LogP contribution in [0.4, 0.5) is 0 Å². The van der Waals surface area contributed by atoms with Crippen LogP contribution in [0.25, 0.3) is 0 Å². The van der Waals surface area contributed by atoms with Crippen LogP contribution < -0.4 is 10.6 Å². The highest BCUT2D eigenvalue weighted by Gasteiger charge is 2.29. The number of benzene rings is 1. The summed E-state index contributed by atoms with van der Waals surface area (Å²) in [6, 6.07) is 10.2. The molecular weight excluding hydrogens is 483 g/mol. The monoisotopic (exact) mass is 516 g/mol. The number of ether oxygens (including phenoxy) is 1. The van der Waals surface area contributed by atoms with Crippen LogP contribution in [0.3, 0.4) is 0 Å². The van der Waals surface area contributed by atoms with Gasteiger partial charge in [-0.2, -0.15) is 0 Å². The number of nitrogens with one attached hydrogen (secondary N) is 2. The summed E-state index contributed by atoms with van der Waals surface area (Å²) >= 11 is 0. The summed E-state index contributed by atoms with van der Waals surface area (Å²) in [5.41, 5.74) is 1.25. The van der Waals surface area contributed by atoms with Gasteiger partial charge in [0.05, 0.1) is 12.5 Å². The van der Waals surface area contributed by atoms with Gasteiger partial charge in [0.1, 0.15) is 0 Å². The zero-order chi connectivity index (χ0) is 20.4. The number of halogens is 1. The molecule has 1 aliphatic heterocycles. The number of amides is 1. The van der Waals surface area contributed by atoms with Gasteiger partial charge in [-0.25, -0.2) is 0 Å². The van der Waals surface area contributed by atoms with Gasteiger partial charge in [-0.3, -0.25) is 14.6 Å². The summed E-state index contributed by atoms with van der Waals surface area (Å²) in [5.74, 6) is 0.871. The van der Waals surface area contributed by atoms with E-state index in [2.05, 4.69) is 27.8 Å². The van der Waals surface area contributed by atoms with E-state index in [9.17, 15) is 9.59 Å². The van der Waals surface area contributed by atoms with Crippen molar-refractivity contribution in [3.8, 4) is 0 Å². The third-order valence-corrected chi connectivity index (χ3v) is 4.58. The predicted molar refractivity (Wildman–Crippen MR) is 125 cm³/mol. The molecule has 1 atom stereocenters. The van der Waals surface area contributed by atoms with Crippen LogP contribution >= 0.6 is 24.0 Å². The Hall–Kier alpha value is -1.84. The molecule has 0 bridgehead atoms. The molecule has 1 amide bonds. The molecule has 0 aliphatic carbocycles. The number of carbonyl (C=O) groups excluding carboxylic acids is 2. The lowest BCUT2D eigenvalue weighted by Crippen LogP contribution is -2.41. The van der Waals surface area contributed by atoms with Crippen LogP contribution in [0.2, 0.25) is 0 Å².